The number of hydrogen-bond acceptors (Lipinski definition) is 3. The van der Waals surface area contributed by atoms with Crippen molar-refractivity contribution in [1.82, 2.24) is 5.06 Å². The number of hydroxylamine groups is 2. The van der Waals surface area contributed by atoms with Crippen LogP contribution in [-0.2, 0) is 11.3 Å². The Morgan fingerprint density at radius 2 is 1.82 bits per heavy atom. The second kappa shape index (κ2) is 5.39. The van der Waals surface area contributed by atoms with E-state index in [1.54, 1.807) is 30.5 Å². The van der Waals surface area contributed by atoms with Crippen molar-refractivity contribution in [3.05, 3.63) is 36.1 Å². The van der Waals surface area contributed by atoms with E-state index in [0.29, 0.717) is 5.71 Å². The standard InChI is InChI=1S/C11H16N2O3S/c1-11(2,3)13(14)8-9-4-6-10(7-5-9)12-17(15)16/h4-8,14H,1-3H3,(H,15,16). The fourth-order valence-electron chi connectivity index (χ4n) is 1.05. The maximum Gasteiger partial charge on any atom is 0.282 e. The van der Waals surface area contributed by atoms with Crippen LogP contribution in [0, 0.1) is 0 Å². The van der Waals surface area contributed by atoms with Crippen LogP contribution in [-0.4, -0.2) is 30.3 Å². The van der Waals surface area contributed by atoms with Gasteiger partial charge in [0.15, 0.2) is 0 Å². The van der Waals surface area contributed by atoms with Gasteiger partial charge < -0.3 is 0 Å². The molecular formula is C11H16N2O3S. The Morgan fingerprint density at radius 1 is 1.29 bits per heavy atom. The zero-order valence-corrected chi connectivity index (χ0v) is 10.8. The van der Waals surface area contributed by atoms with Crippen molar-refractivity contribution in [2.45, 2.75) is 26.3 Å². The summed E-state index contributed by atoms with van der Waals surface area (Å²) < 4.78 is 22.5. The van der Waals surface area contributed by atoms with Gasteiger partial charge in [-0.2, -0.15) is 4.40 Å². The average Bonchev–Trinajstić information content (AvgIpc) is 2.18. The molecule has 0 spiro atoms. The summed E-state index contributed by atoms with van der Waals surface area (Å²) >= 11 is -2.19. The second-order valence-electron chi connectivity index (χ2n) is 4.56. The molecule has 17 heavy (non-hydrogen) atoms. The molecule has 0 aromatic heterocycles. The summed E-state index contributed by atoms with van der Waals surface area (Å²) in [5.74, 6) is 0. The maximum absolute atomic E-state index is 10.5. The van der Waals surface area contributed by atoms with Crippen molar-refractivity contribution < 1.29 is 14.0 Å². The second-order valence-corrected chi connectivity index (χ2v) is 5.20. The molecule has 1 rings (SSSR count). The number of nitrogens with zero attached hydrogens (tertiary/aromatic N) is 2. The number of rotatable bonds is 2. The molecule has 0 heterocycles. The van der Waals surface area contributed by atoms with Gasteiger partial charge in [-0.05, 0) is 38.5 Å². The highest BCUT2D eigenvalue weighted by molar-refractivity contribution is 7.78. The first-order valence-electron chi connectivity index (χ1n) is 5.05. The molecule has 5 nitrogen and oxygen atoms in total. The van der Waals surface area contributed by atoms with Gasteiger partial charge in [0.1, 0.15) is 0 Å². The van der Waals surface area contributed by atoms with Gasteiger partial charge >= 0.3 is 0 Å². The Balaban J connectivity index is 2.79. The first-order chi connectivity index (χ1) is 7.79. The van der Waals surface area contributed by atoms with Crippen LogP contribution >= 0.6 is 0 Å². The van der Waals surface area contributed by atoms with Crippen molar-refractivity contribution in [2.75, 3.05) is 0 Å². The molecule has 1 aliphatic carbocycles. The van der Waals surface area contributed by atoms with Crippen LogP contribution in [0.2, 0.25) is 0 Å². The molecule has 0 amide bonds. The van der Waals surface area contributed by atoms with Crippen LogP contribution in [0.3, 0.4) is 0 Å². The zero-order chi connectivity index (χ0) is 13.1. The minimum Gasteiger partial charge on any atom is -0.288 e. The lowest BCUT2D eigenvalue weighted by Crippen LogP contribution is -2.34. The van der Waals surface area contributed by atoms with Crippen molar-refractivity contribution >= 4 is 17.0 Å². The summed E-state index contributed by atoms with van der Waals surface area (Å²) in [6.45, 7) is 5.63. The molecule has 0 bridgehead atoms. The van der Waals surface area contributed by atoms with E-state index in [0.717, 1.165) is 10.6 Å². The molecule has 1 unspecified atom stereocenters. The molecule has 94 valence electrons. The molecule has 1 aliphatic rings. The minimum atomic E-state index is -2.19. The quantitative estimate of drug-likeness (QED) is 0.586. The molecule has 2 N–H and O–H groups in total. The highest BCUT2D eigenvalue weighted by Gasteiger charge is 2.16. The lowest BCUT2D eigenvalue weighted by molar-refractivity contribution is -0.110. The lowest BCUT2D eigenvalue weighted by Gasteiger charge is -2.28. The predicted octanol–water partition coefficient (Wildman–Crippen LogP) is 2.06. The Labute approximate surface area is 103 Å². The third kappa shape index (κ3) is 4.64. The monoisotopic (exact) mass is 256 g/mol. The summed E-state index contributed by atoms with van der Waals surface area (Å²) in [6, 6.07) is 0. The SMILES string of the molecule is CC(C)(C)N(O)C=C1C=CC(=NS(=O)O)C=C1. The van der Waals surface area contributed by atoms with E-state index in [9.17, 15) is 9.42 Å². The predicted molar refractivity (Wildman–Crippen MR) is 67.9 cm³/mol. The van der Waals surface area contributed by atoms with Gasteiger partial charge in [0.05, 0.1) is 11.3 Å². The molecule has 0 aromatic carbocycles. The molecule has 0 saturated carbocycles. The molecule has 0 fully saturated rings. The number of allylic oxidation sites excluding steroid dienone is 5. The van der Waals surface area contributed by atoms with Gasteiger partial charge in [-0.1, -0.05) is 12.2 Å². The van der Waals surface area contributed by atoms with Gasteiger partial charge in [0.25, 0.3) is 11.3 Å². The molecule has 1 atom stereocenters. The third-order valence-corrected chi connectivity index (χ3v) is 2.40. The third-order valence-electron chi connectivity index (χ3n) is 2.04. The first-order valence-corrected chi connectivity index (χ1v) is 6.11. The average molecular weight is 256 g/mol. The van der Waals surface area contributed by atoms with E-state index < -0.39 is 11.3 Å². The van der Waals surface area contributed by atoms with Crippen LogP contribution < -0.4 is 0 Å². The largest absolute Gasteiger partial charge is 0.288 e. The van der Waals surface area contributed by atoms with Crippen molar-refractivity contribution in [3.8, 4) is 0 Å². The Hall–Kier alpha value is -1.24. The molecule has 0 saturated heterocycles. The van der Waals surface area contributed by atoms with Crippen molar-refractivity contribution in [2.24, 2.45) is 4.40 Å². The van der Waals surface area contributed by atoms with E-state index in [-0.39, 0.29) is 5.54 Å². The molecular weight excluding hydrogens is 240 g/mol. The molecule has 0 radical (unpaired) electrons. The Bertz CT molecular complexity index is 412. The summed E-state index contributed by atoms with van der Waals surface area (Å²) in [5.41, 5.74) is 0.823. The molecule has 0 aliphatic heterocycles. The van der Waals surface area contributed by atoms with E-state index in [1.165, 1.54) is 0 Å². The Morgan fingerprint density at radius 3 is 2.24 bits per heavy atom. The van der Waals surface area contributed by atoms with Gasteiger partial charge in [0.2, 0.25) is 0 Å². The van der Waals surface area contributed by atoms with Crippen LogP contribution in [0.1, 0.15) is 20.8 Å². The van der Waals surface area contributed by atoms with Crippen molar-refractivity contribution in [3.63, 3.8) is 0 Å². The van der Waals surface area contributed by atoms with Crippen molar-refractivity contribution in [1.29, 1.82) is 0 Å². The maximum atomic E-state index is 10.5. The van der Waals surface area contributed by atoms with Crippen LogP contribution in [0.5, 0.6) is 0 Å². The van der Waals surface area contributed by atoms with Gasteiger partial charge in [-0.25, -0.2) is 4.21 Å². The van der Waals surface area contributed by atoms with Gasteiger partial charge in [0, 0.05) is 6.20 Å². The fraction of sp³-hybridized carbons (Fsp3) is 0.364. The van der Waals surface area contributed by atoms with E-state index in [2.05, 4.69) is 4.40 Å². The first kappa shape index (κ1) is 13.8. The summed E-state index contributed by atoms with van der Waals surface area (Å²) in [4.78, 5) is 0. The topological polar surface area (TPSA) is 73.1 Å². The molecule has 6 heteroatoms. The smallest absolute Gasteiger partial charge is 0.282 e. The Kier molecular flexibility index (Phi) is 4.39. The van der Waals surface area contributed by atoms with E-state index >= 15 is 0 Å². The van der Waals surface area contributed by atoms with E-state index in [4.69, 9.17) is 4.55 Å². The zero-order valence-electron chi connectivity index (χ0n) is 9.99. The van der Waals surface area contributed by atoms with E-state index in [1.807, 2.05) is 20.8 Å². The van der Waals surface area contributed by atoms with Crippen LogP contribution in [0.25, 0.3) is 0 Å². The molecule has 0 aromatic rings. The van der Waals surface area contributed by atoms with Crippen LogP contribution in [0.4, 0.5) is 0 Å². The normalized spacial score (nSPS) is 17.0. The highest BCUT2D eigenvalue weighted by Crippen LogP contribution is 2.15. The van der Waals surface area contributed by atoms with Gasteiger partial charge in [-0.15, -0.1) is 0 Å². The highest BCUT2D eigenvalue weighted by atomic mass is 32.2. The number of hydrogen-bond donors (Lipinski definition) is 2. The fourth-order valence-corrected chi connectivity index (χ4v) is 1.35. The lowest BCUT2D eigenvalue weighted by atomic mass is 10.1. The summed E-state index contributed by atoms with van der Waals surface area (Å²) in [7, 11) is 0. The summed E-state index contributed by atoms with van der Waals surface area (Å²) in [5, 5.41) is 10.8. The van der Waals surface area contributed by atoms with Crippen LogP contribution in [0.15, 0.2) is 40.5 Å². The minimum absolute atomic E-state index is 0.379. The summed E-state index contributed by atoms with van der Waals surface area (Å²) in [6.07, 6.45) is 8.22. The van der Waals surface area contributed by atoms with Gasteiger partial charge in [-0.3, -0.25) is 14.8 Å².